The van der Waals surface area contributed by atoms with Gasteiger partial charge in [0.1, 0.15) is 11.6 Å². The number of hydrogen-bond acceptors (Lipinski definition) is 5. The number of hydrogen-bond donors (Lipinski definition) is 0. The van der Waals surface area contributed by atoms with Crippen molar-refractivity contribution in [2.75, 3.05) is 0 Å². The normalized spacial score (nSPS) is 12.2. The maximum absolute atomic E-state index is 11.6. The quantitative estimate of drug-likeness (QED) is 0.556. The number of thioether (sulfide) groups is 1. The van der Waals surface area contributed by atoms with Gasteiger partial charge in [0, 0.05) is 17.8 Å². The molecule has 0 radical (unpaired) electrons. The lowest BCUT2D eigenvalue weighted by Gasteiger charge is -2.12. The summed E-state index contributed by atoms with van der Waals surface area (Å²) < 4.78 is 2.16. The Kier molecular flexibility index (Phi) is 6.04. The zero-order chi connectivity index (χ0) is 17.6. The fourth-order valence-electron chi connectivity index (χ4n) is 2.46. The summed E-state index contributed by atoms with van der Waals surface area (Å²) in [7, 11) is 0. The van der Waals surface area contributed by atoms with Gasteiger partial charge >= 0.3 is 0 Å². The number of aromatic nitrogens is 3. The number of aryl methyl sites for hydroxylation is 1. The molecule has 2 heterocycles. The van der Waals surface area contributed by atoms with E-state index in [0.29, 0.717) is 0 Å². The van der Waals surface area contributed by atoms with Crippen LogP contribution < -0.4 is 0 Å². The van der Waals surface area contributed by atoms with Crippen LogP contribution in [-0.2, 0) is 24.2 Å². The summed E-state index contributed by atoms with van der Waals surface area (Å²) in [4.78, 5) is 12.9. The van der Waals surface area contributed by atoms with Crippen LogP contribution in [0.25, 0.3) is 0 Å². The van der Waals surface area contributed by atoms with Crippen LogP contribution in [0.5, 0.6) is 0 Å². The molecule has 3 rings (SSSR count). The molecule has 25 heavy (non-hydrogen) atoms. The first-order valence-corrected chi connectivity index (χ1v) is 10.0. The van der Waals surface area contributed by atoms with Crippen molar-refractivity contribution >= 4 is 28.9 Å². The van der Waals surface area contributed by atoms with Crippen molar-refractivity contribution in [2.24, 2.45) is 0 Å². The molecule has 4 nitrogen and oxygen atoms in total. The first kappa shape index (κ1) is 17.9. The molecule has 0 spiro atoms. The van der Waals surface area contributed by atoms with Crippen LogP contribution in [0.1, 0.15) is 30.1 Å². The maximum Gasteiger partial charge on any atom is 0.191 e. The van der Waals surface area contributed by atoms with Crippen LogP contribution in [-0.4, -0.2) is 25.8 Å². The maximum atomic E-state index is 11.6. The Bertz CT molecular complexity index is 813. The molecule has 0 aliphatic heterocycles. The molecule has 0 fully saturated rings. The first-order valence-electron chi connectivity index (χ1n) is 8.29. The molecule has 1 aromatic carbocycles. The largest absolute Gasteiger partial charge is 0.305 e. The van der Waals surface area contributed by atoms with Crippen molar-refractivity contribution in [3.63, 3.8) is 0 Å². The Labute approximate surface area is 156 Å². The van der Waals surface area contributed by atoms with E-state index >= 15 is 0 Å². The molecule has 3 aromatic rings. The van der Waals surface area contributed by atoms with Gasteiger partial charge in [0.05, 0.1) is 5.25 Å². The van der Waals surface area contributed by atoms with Crippen LogP contribution in [0, 0.1) is 0 Å². The second-order valence-electron chi connectivity index (χ2n) is 5.91. The van der Waals surface area contributed by atoms with Crippen LogP contribution >= 0.6 is 23.1 Å². The van der Waals surface area contributed by atoms with Gasteiger partial charge in [0.15, 0.2) is 5.16 Å². The Morgan fingerprint density at radius 3 is 2.68 bits per heavy atom. The third kappa shape index (κ3) is 4.80. The third-order valence-electron chi connectivity index (χ3n) is 4.03. The molecule has 6 heteroatoms. The Morgan fingerprint density at radius 2 is 2.00 bits per heavy atom. The van der Waals surface area contributed by atoms with E-state index in [0.717, 1.165) is 30.4 Å². The second-order valence-corrected chi connectivity index (χ2v) is 8.25. The average molecular weight is 372 g/mol. The van der Waals surface area contributed by atoms with Crippen molar-refractivity contribution in [3.8, 4) is 0 Å². The zero-order valence-electron chi connectivity index (χ0n) is 14.4. The average Bonchev–Trinajstić information content (AvgIpc) is 3.25. The van der Waals surface area contributed by atoms with Crippen molar-refractivity contribution in [1.29, 1.82) is 0 Å². The Hall–Kier alpha value is -1.92. The summed E-state index contributed by atoms with van der Waals surface area (Å²) in [6.07, 6.45) is 1.69. The van der Waals surface area contributed by atoms with Gasteiger partial charge in [0.25, 0.3) is 0 Å². The van der Waals surface area contributed by atoms with Crippen LogP contribution in [0.4, 0.5) is 0 Å². The van der Waals surface area contributed by atoms with Crippen molar-refractivity contribution in [3.05, 3.63) is 64.1 Å². The van der Waals surface area contributed by atoms with Crippen molar-refractivity contribution < 1.29 is 4.79 Å². The molecule has 0 aliphatic rings. The van der Waals surface area contributed by atoms with Gasteiger partial charge in [-0.2, -0.15) is 0 Å². The Morgan fingerprint density at radius 1 is 1.20 bits per heavy atom. The van der Waals surface area contributed by atoms with Gasteiger partial charge < -0.3 is 4.57 Å². The molecule has 0 saturated heterocycles. The van der Waals surface area contributed by atoms with E-state index in [1.807, 2.05) is 13.0 Å². The fourth-order valence-corrected chi connectivity index (χ4v) is 4.05. The Balaban J connectivity index is 1.81. The highest BCUT2D eigenvalue weighted by atomic mass is 32.2. The summed E-state index contributed by atoms with van der Waals surface area (Å²) in [5.41, 5.74) is 1.29. The van der Waals surface area contributed by atoms with E-state index in [1.165, 1.54) is 22.2 Å². The van der Waals surface area contributed by atoms with Gasteiger partial charge in [-0.1, -0.05) is 48.2 Å². The summed E-state index contributed by atoms with van der Waals surface area (Å²) in [5.74, 6) is 1.11. The number of carbonyl (C=O) groups is 1. The number of ketones is 1. The monoisotopic (exact) mass is 371 g/mol. The minimum Gasteiger partial charge on any atom is -0.305 e. The lowest BCUT2D eigenvalue weighted by molar-refractivity contribution is -0.116. The van der Waals surface area contributed by atoms with E-state index in [9.17, 15) is 4.79 Å². The number of nitrogens with zero attached hydrogens (tertiary/aromatic N) is 3. The number of carbonyl (C=O) groups excluding carboxylic acids is 1. The van der Waals surface area contributed by atoms with E-state index < -0.39 is 0 Å². The lowest BCUT2D eigenvalue weighted by Crippen LogP contribution is -2.12. The van der Waals surface area contributed by atoms with Gasteiger partial charge in [0.2, 0.25) is 0 Å². The molecule has 0 N–H and O–H groups in total. The molecular formula is C19H21N3OS2. The van der Waals surface area contributed by atoms with E-state index in [1.54, 1.807) is 18.3 Å². The van der Waals surface area contributed by atoms with Crippen LogP contribution in [0.15, 0.2) is 53.0 Å². The highest BCUT2D eigenvalue weighted by molar-refractivity contribution is 8.00. The SMILES string of the molecule is CC(=O)C(C)Sc1nnc(Cc2cccs2)n1CCc1ccccc1. The van der Waals surface area contributed by atoms with E-state index in [-0.39, 0.29) is 11.0 Å². The highest BCUT2D eigenvalue weighted by Crippen LogP contribution is 2.25. The number of rotatable bonds is 8. The van der Waals surface area contributed by atoms with Gasteiger partial charge in [-0.05, 0) is 37.3 Å². The topological polar surface area (TPSA) is 47.8 Å². The second kappa shape index (κ2) is 8.45. The highest BCUT2D eigenvalue weighted by Gasteiger charge is 2.18. The minimum atomic E-state index is -0.116. The molecule has 1 atom stereocenters. The predicted octanol–water partition coefficient (Wildman–Crippen LogP) is 4.24. The molecule has 130 valence electrons. The molecule has 0 saturated carbocycles. The fraction of sp³-hybridized carbons (Fsp3) is 0.316. The summed E-state index contributed by atoms with van der Waals surface area (Å²) >= 11 is 3.22. The van der Waals surface area contributed by atoms with E-state index in [2.05, 4.69) is 56.5 Å². The molecule has 0 amide bonds. The van der Waals surface area contributed by atoms with Gasteiger partial charge in [-0.15, -0.1) is 21.5 Å². The van der Waals surface area contributed by atoms with Crippen LogP contribution in [0.3, 0.4) is 0 Å². The third-order valence-corrected chi connectivity index (χ3v) is 6.10. The molecule has 0 aliphatic carbocycles. The first-order chi connectivity index (χ1) is 12.1. The number of thiophene rings is 1. The van der Waals surface area contributed by atoms with Crippen LogP contribution in [0.2, 0.25) is 0 Å². The summed E-state index contributed by atoms with van der Waals surface area (Å²) in [6.45, 7) is 4.35. The standard InChI is InChI=1S/C19H21N3OS2/c1-14(23)15(2)25-19-21-20-18(13-17-9-6-12-24-17)22(19)11-10-16-7-4-3-5-8-16/h3-9,12,15H,10-11,13H2,1-2H3. The summed E-state index contributed by atoms with van der Waals surface area (Å²) in [6, 6.07) is 14.6. The zero-order valence-corrected chi connectivity index (χ0v) is 16.0. The molecule has 2 aromatic heterocycles. The molecule has 0 bridgehead atoms. The predicted molar refractivity (Wildman–Crippen MR) is 103 cm³/mol. The van der Waals surface area contributed by atoms with E-state index in [4.69, 9.17) is 0 Å². The summed E-state index contributed by atoms with van der Waals surface area (Å²) in [5, 5.41) is 11.5. The molecular weight excluding hydrogens is 350 g/mol. The number of Topliss-reactive ketones (excluding diaryl/α,β-unsaturated/α-hetero) is 1. The lowest BCUT2D eigenvalue weighted by atomic mass is 10.1. The smallest absolute Gasteiger partial charge is 0.191 e. The van der Waals surface area contributed by atoms with Crippen molar-refractivity contribution in [2.45, 2.75) is 43.6 Å². The minimum absolute atomic E-state index is 0.116. The molecule has 1 unspecified atom stereocenters. The van der Waals surface area contributed by atoms with Gasteiger partial charge in [-0.25, -0.2) is 0 Å². The van der Waals surface area contributed by atoms with Crippen molar-refractivity contribution in [1.82, 2.24) is 14.8 Å². The van der Waals surface area contributed by atoms with Gasteiger partial charge in [-0.3, -0.25) is 4.79 Å². The number of benzene rings is 1.